The molecule has 168 valence electrons. The molecule has 2 N–H and O–H groups in total. The summed E-state index contributed by atoms with van der Waals surface area (Å²) < 4.78 is 1.61. The summed E-state index contributed by atoms with van der Waals surface area (Å²) in [6.07, 6.45) is 10.5. The highest BCUT2D eigenvalue weighted by atomic mass is 16.3. The maximum atomic E-state index is 13.3. The van der Waals surface area contributed by atoms with Crippen molar-refractivity contribution in [2.45, 2.75) is 83.5 Å². The molecule has 0 aromatic carbocycles. The van der Waals surface area contributed by atoms with Crippen molar-refractivity contribution >= 4 is 5.78 Å². The van der Waals surface area contributed by atoms with Crippen LogP contribution in [0.2, 0.25) is 0 Å². The average Bonchev–Trinajstić information content (AvgIpc) is 3.30. The molecular formula is C25H35N3O3. The number of aromatic nitrogens is 2. The molecule has 0 saturated heterocycles. The number of rotatable bonds is 3. The summed E-state index contributed by atoms with van der Waals surface area (Å²) >= 11 is 0. The number of hydrogen-bond acceptors (Lipinski definition) is 5. The van der Waals surface area contributed by atoms with Crippen LogP contribution in [0.4, 0.5) is 0 Å². The normalized spacial score (nSPS) is 46.5. The summed E-state index contributed by atoms with van der Waals surface area (Å²) in [6, 6.07) is 2.07. The van der Waals surface area contributed by atoms with Gasteiger partial charge in [0.25, 0.3) is 0 Å². The summed E-state index contributed by atoms with van der Waals surface area (Å²) in [5.74, 6) is 2.71. The smallest absolute Gasteiger partial charge is 0.157 e. The van der Waals surface area contributed by atoms with Gasteiger partial charge in [-0.25, -0.2) is 0 Å². The second kappa shape index (κ2) is 7.42. The first-order chi connectivity index (χ1) is 14.7. The number of Topliss-reactive ketones (excluding diaryl/α,β-unsaturated/α-hetero) is 1. The molecule has 4 saturated carbocycles. The van der Waals surface area contributed by atoms with Gasteiger partial charge in [-0.15, -0.1) is 0 Å². The number of aliphatic hydroxyl groups is 2. The summed E-state index contributed by atoms with van der Waals surface area (Å²) in [5.41, 5.74) is -0.216. The summed E-state index contributed by atoms with van der Waals surface area (Å²) in [4.78, 5) is 13.3. The van der Waals surface area contributed by atoms with Crippen LogP contribution in [0, 0.1) is 52.3 Å². The third-order valence-corrected chi connectivity index (χ3v) is 9.67. The van der Waals surface area contributed by atoms with E-state index in [2.05, 4.69) is 18.1 Å². The van der Waals surface area contributed by atoms with Crippen LogP contribution in [0.25, 0.3) is 0 Å². The zero-order valence-electron chi connectivity index (χ0n) is 18.7. The average molecular weight is 426 g/mol. The molecule has 6 nitrogen and oxygen atoms in total. The molecule has 0 amide bonds. The van der Waals surface area contributed by atoms with Crippen molar-refractivity contribution in [3.05, 3.63) is 18.0 Å². The minimum atomic E-state index is -0.737. The second-order valence-corrected chi connectivity index (χ2v) is 11.5. The van der Waals surface area contributed by atoms with Crippen molar-refractivity contribution in [1.29, 1.82) is 5.26 Å². The Morgan fingerprint density at radius 1 is 1.23 bits per heavy atom. The van der Waals surface area contributed by atoms with E-state index in [1.165, 1.54) is 12.6 Å². The number of nitrogens with zero attached hydrogens (tertiary/aromatic N) is 3. The highest BCUT2D eigenvalue weighted by molar-refractivity contribution is 5.82. The molecule has 1 aromatic rings. The van der Waals surface area contributed by atoms with E-state index in [1.54, 1.807) is 10.9 Å². The van der Waals surface area contributed by atoms with E-state index >= 15 is 0 Å². The lowest BCUT2D eigenvalue weighted by Gasteiger charge is -2.58. The number of carbonyl (C=O) groups is 1. The van der Waals surface area contributed by atoms with Crippen LogP contribution in [0.1, 0.15) is 70.8 Å². The Balaban J connectivity index is 1.32. The number of carbonyl (C=O) groups excluding carboxylic acids is 1. The SMILES string of the molecule is C[C@@]1(O)CC(O)[C@H]2[C@H](CC[C@@H]3[C@@H]2CC[C@]2(C)[C@@H](C(=O)Cn4cc(C#N)cn4)CC[C@@H]32)C1. The highest BCUT2D eigenvalue weighted by Crippen LogP contribution is 2.64. The quantitative estimate of drug-likeness (QED) is 0.774. The maximum absolute atomic E-state index is 13.3. The Labute approximate surface area is 184 Å². The molecule has 4 aliphatic rings. The Bertz CT molecular complexity index is 902. The van der Waals surface area contributed by atoms with Gasteiger partial charge in [-0.3, -0.25) is 9.48 Å². The molecule has 4 aliphatic carbocycles. The number of nitriles is 1. The van der Waals surface area contributed by atoms with Gasteiger partial charge in [0.2, 0.25) is 0 Å². The van der Waals surface area contributed by atoms with Gasteiger partial charge in [-0.1, -0.05) is 6.92 Å². The third kappa shape index (κ3) is 3.45. The molecular weight excluding hydrogens is 390 g/mol. The first-order valence-corrected chi connectivity index (χ1v) is 12.1. The van der Waals surface area contributed by atoms with Crippen LogP contribution in [-0.2, 0) is 11.3 Å². The molecule has 0 spiro atoms. The molecule has 0 radical (unpaired) electrons. The summed E-state index contributed by atoms with van der Waals surface area (Å²) in [7, 11) is 0. The van der Waals surface area contributed by atoms with Crippen molar-refractivity contribution in [3.63, 3.8) is 0 Å². The molecule has 1 heterocycles. The largest absolute Gasteiger partial charge is 0.393 e. The molecule has 9 atom stereocenters. The lowest BCUT2D eigenvalue weighted by Crippen LogP contribution is -2.55. The minimum Gasteiger partial charge on any atom is -0.393 e. The van der Waals surface area contributed by atoms with E-state index < -0.39 is 11.7 Å². The fraction of sp³-hybridized carbons (Fsp3) is 0.800. The van der Waals surface area contributed by atoms with E-state index in [0.29, 0.717) is 41.6 Å². The van der Waals surface area contributed by atoms with Crippen LogP contribution in [0.3, 0.4) is 0 Å². The lowest BCUT2D eigenvalue weighted by molar-refractivity contribution is -0.153. The first kappa shape index (κ1) is 21.2. The van der Waals surface area contributed by atoms with E-state index in [0.717, 1.165) is 38.5 Å². The fourth-order valence-electron chi connectivity index (χ4n) is 8.54. The number of fused-ring (bicyclic) bond motifs is 5. The van der Waals surface area contributed by atoms with Crippen molar-refractivity contribution in [3.8, 4) is 6.07 Å². The Hall–Kier alpha value is -1.71. The first-order valence-electron chi connectivity index (χ1n) is 12.1. The van der Waals surface area contributed by atoms with Gasteiger partial charge in [-0.2, -0.15) is 10.4 Å². The fourth-order valence-corrected chi connectivity index (χ4v) is 8.54. The lowest BCUT2D eigenvalue weighted by atomic mass is 9.48. The second-order valence-electron chi connectivity index (χ2n) is 11.5. The monoisotopic (exact) mass is 425 g/mol. The zero-order valence-corrected chi connectivity index (χ0v) is 18.7. The van der Waals surface area contributed by atoms with Gasteiger partial charge >= 0.3 is 0 Å². The minimum absolute atomic E-state index is 0.0292. The Morgan fingerprint density at radius 3 is 2.77 bits per heavy atom. The van der Waals surface area contributed by atoms with Crippen LogP contribution < -0.4 is 0 Å². The van der Waals surface area contributed by atoms with Gasteiger partial charge in [0, 0.05) is 18.5 Å². The number of hydrogen-bond donors (Lipinski definition) is 2. The summed E-state index contributed by atoms with van der Waals surface area (Å²) in [6.45, 7) is 4.46. The van der Waals surface area contributed by atoms with Gasteiger partial charge < -0.3 is 10.2 Å². The number of aliphatic hydroxyl groups excluding tert-OH is 1. The molecule has 1 unspecified atom stereocenters. The Morgan fingerprint density at radius 2 is 2.03 bits per heavy atom. The van der Waals surface area contributed by atoms with Gasteiger partial charge in [0.1, 0.15) is 6.07 Å². The van der Waals surface area contributed by atoms with Crippen molar-refractivity contribution in [1.82, 2.24) is 9.78 Å². The van der Waals surface area contributed by atoms with Crippen molar-refractivity contribution < 1.29 is 15.0 Å². The van der Waals surface area contributed by atoms with Crippen LogP contribution >= 0.6 is 0 Å². The van der Waals surface area contributed by atoms with E-state index in [1.807, 2.05) is 6.92 Å². The third-order valence-electron chi connectivity index (χ3n) is 9.67. The Kier molecular flexibility index (Phi) is 5.06. The van der Waals surface area contributed by atoms with Gasteiger partial charge in [0.05, 0.1) is 30.0 Å². The maximum Gasteiger partial charge on any atom is 0.157 e. The number of ketones is 1. The van der Waals surface area contributed by atoms with E-state index in [9.17, 15) is 15.0 Å². The van der Waals surface area contributed by atoms with Crippen LogP contribution in [0.15, 0.2) is 12.4 Å². The zero-order chi connectivity index (χ0) is 22.0. The van der Waals surface area contributed by atoms with Crippen molar-refractivity contribution in [2.75, 3.05) is 0 Å². The molecule has 4 fully saturated rings. The predicted molar refractivity (Wildman–Crippen MR) is 115 cm³/mol. The van der Waals surface area contributed by atoms with E-state index in [4.69, 9.17) is 5.26 Å². The molecule has 5 rings (SSSR count). The van der Waals surface area contributed by atoms with E-state index in [-0.39, 0.29) is 23.7 Å². The topological polar surface area (TPSA) is 99.1 Å². The molecule has 6 heteroatoms. The van der Waals surface area contributed by atoms with Crippen LogP contribution in [-0.4, -0.2) is 37.5 Å². The molecule has 0 bridgehead atoms. The van der Waals surface area contributed by atoms with Crippen LogP contribution in [0.5, 0.6) is 0 Å². The standard InChI is InChI=1S/C25H35N3O3/c1-24(31)9-16-3-4-17-18(23(16)21(29)10-24)7-8-25(2)19(17)5-6-20(25)22(30)14-28-13-15(11-26)12-27-28/h12-13,16-21,23,29,31H,3-10,14H2,1-2H3/t16-,17-,18+,19+,20-,21?,23+,24+,25+/m1/s1. The summed E-state index contributed by atoms with van der Waals surface area (Å²) in [5, 5.41) is 34.7. The molecule has 1 aromatic heterocycles. The predicted octanol–water partition coefficient (Wildman–Crippen LogP) is 3.31. The van der Waals surface area contributed by atoms with Crippen molar-refractivity contribution in [2.24, 2.45) is 40.9 Å². The molecule has 0 aliphatic heterocycles. The van der Waals surface area contributed by atoms with Gasteiger partial charge in [-0.05, 0) is 86.9 Å². The molecule has 31 heavy (non-hydrogen) atoms. The highest BCUT2D eigenvalue weighted by Gasteiger charge is 2.60. The van der Waals surface area contributed by atoms with Gasteiger partial charge in [0.15, 0.2) is 5.78 Å².